The lowest BCUT2D eigenvalue weighted by atomic mass is 10.1. The summed E-state index contributed by atoms with van der Waals surface area (Å²) in [5.74, 6) is -2.05. The molecule has 0 spiro atoms. The van der Waals surface area contributed by atoms with Crippen molar-refractivity contribution in [3.05, 3.63) is 0 Å². The molecule has 0 saturated carbocycles. The SMILES string of the molecule is O=C(O)CCS(=O)(=O)NC1CCCNC1=O. The lowest BCUT2D eigenvalue weighted by Crippen LogP contribution is -2.50. The third-order valence-corrected chi connectivity index (χ3v) is 3.58. The van der Waals surface area contributed by atoms with Crippen LogP contribution in [0.2, 0.25) is 0 Å². The molecule has 1 fully saturated rings. The van der Waals surface area contributed by atoms with Gasteiger partial charge < -0.3 is 10.4 Å². The van der Waals surface area contributed by atoms with Gasteiger partial charge in [0.25, 0.3) is 0 Å². The number of amides is 1. The van der Waals surface area contributed by atoms with Crippen molar-refractivity contribution in [3.63, 3.8) is 0 Å². The average Bonchev–Trinajstić information content (AvgIpc) is 2.19. The number of carbonyl (C=O) groups excluding carboxylic acids is 1. The Bertz CT molecular complexity index is 378. The van der Waals surface area contributed by atoms with Gasteiger partial charge in [0.2, 0.25) is 15.9 Å². The Hall–Kier alpha value is -1.15. The van der Waals surface area contributed by atoms with E-state index in [0.717, 1.165) is 0 Å². The molecule has 1 atom stereocenters. The second-order valence-corrected chi connectivity index (χ2v) is 5.44. The van der Waals surface area contributed by atoms with Gasteiger partial charge in [-0.2, -0.15) is 0 Å². The number of aliphatic carboxylic acids is 1. The van der Waals surface area contributed by atoms with Gasteiger partial charge in [-0.05, 0) is 12.8 Å². The second-order valence-electron chi connectivity index (χ2n) is 3.57. The van der Waals surface area contributed by atoms with Crippen LogP contribution in [-0.2, 0) is 19.6 Å². The topological polar surface area (TPSA) is 113 Å². The monoisotopic (exact) mass is 250 g/mol. The summed E-state index contributed by atoms with van der Waals surface area (Å²) in [6.45, 7) is 0.548. The van der Waals surface area contributed by atoms with E-state index in [2.05, 4.69) is 10.0 Å². The number of hydrogen-bond donors (Lipinski definition) is 3. The Morgan fingerprint density at radius 3 is 2.81 bits per heavy atom. The van der Waals surface area contributed by atoms with Gasteiger partial charge in [-0.15, -0.1) is 0 Å². The molecule has 1 heterocycles. The van der Waals surface area contributed by atoms with Crippen LogP contribution in [-0.4, -0.2) is 43.7 Å². The minimum absolute atomic E-state index is 0.356. The van der Waals surface area contributed by atoms with E-state index in [1.165, 1.54) is 0 Å². The van der Waals surface area contributed by atoms with Gasteiger partial charge in [0.15, 0.2) is 0 Å². The molecule has 1 unspecified atom stereocenters. The first-order valence-electron chi connectivity index (χ1n) is 4.90. The first-order chi connectivity index (χ1) is 7.41. The Morgan fingerprint density at radius 2 is 2.25 bits per heavy atom. The van der Waals surface area contributed by atoms with Gasteiger partial charge in [-0.1, -0.05) is 0 Å². The van der Waals surface area contributed by atoms with Crippen molar-refractivity contribution in [2.24, 2.45) is 0 Å². The van der Waals surface area contributed by atoms with Gasteiger partial charge in [0.1, 0.15) is 6.04 Å². The zero-order valence-corrected chi connectivity index (χ0v) is 9.42. The zero-order chi connectivity index (χ0) is 12.2. The van der Waals surface area contributed by atoms with Crippen LogP contribution in [0.1, 0.15) is 19.3 Å². The van der Waals surface area contributed by atoms with Crippen LogP contribution in [0.5, 0.6) is 0 Å². The van der Waals surface area contributed by atoms with Crippen LogP contribution in [0.4, 0.5) is 0 Å². The van der Waals surface area contributed by atoms with E-state index in [1.807, 2.05) is 0 Å². The molecule has 1 rings (SSSR count). The van der Waals surface area contributed by atoms with Gasteiger partial charge in [0, 0.05) is 6.54 Å². The minimum atomic E-state index is -3.70. The van der Waals surface area contributed by atoms with Gasteiger partial charge in [-0.3, -0.25) is 9.59 Å². The summed E-state index contributed by atoms with van der Waals surface area (Å²) in [5, 5.41) is 10.9. The van der Waals surface area contributed by atoms with Crippen LogP contribution in [0.3, 0.4) is 0 Å². The highest BCUT2D eigenvalue weighted by Gasteiger charge is 2.26. The molecular formula is C8H14N2O5S. The maximum Gasteiger partial charge on any atom is 0.304 e. The zero-order valence-electron chi connectivity index (χ0n) is 8.60. The summed E-state index contributed by atoms with van der Waals surface area (Å²) in [4.78, 5) is 21.5. The summed E-state index contributed by atoms with van der Waals surface area (Å²) < 4.78 is 25.0. The average molecular weight is 250 g/mol. The largest absolute Gasteiger partial charge is 0.481 e. The van der Waals surface area contributed by atoms with Crippen molar-refractivity contribution in [1.29, 1.82) is 0 Å². The number of carboxylic acid groups (broad SMARTS) is 1. The predicted octanol–water partition coefficient (Wildman–Crippen LogP) is -1.34. The van der Waals surface area contributed by atoms with Gasteiger partial charge >= 0.3 is 5.97 Å². The molecule has 0 aromatic carbocycles. The van der Waals surface area contributed by atoms with Crippen molar-refractivity contribution in [1.82, 2.24) is 10.0 Å². The predicted molar refractivity (Wildman–Crippen MR) is 55.2 cm³/mol. The van der Waals surface area contributed by atoms with Gasteiger partial charge in [0.05, 0.1) is 12.2 Å². The number of carboxylic acids is 1. The summed E-state index contributed by atoms with van der Waals surface area (Å²) in [6.07, 6.45) is 0.680. The number of rotatable bonds is 5. The Kier molecular flexibility index (Phi) is 4.25. The summed E-state index contributed by atoms with van der Waals surface area (Å²) >= 11 is 0. The Morgan fingerprint density at radius 1 is 1.56 bits per heavy atom. The van der Waals surface area contributed by atoms with Crippen molar-refractivity contribution in [2.45, 2.75) is 25.3 Å². The molecule has 16 heavy (non-hydrogen) atoms. The van der Waals surface area contributed by atoms with E-state index in [9.17, 15) is 18.0 Å². The molecule has 7 nitrogen and oxygen atoms in total. The molecule has 0 aliphatic carbocycles. The van der Waals surface area contributed by atoms with E-state index in [-0.39, 0.29) is 5.91 Å². The third-order valence-electron chi connectivity index (χ3n) is 2.19. The first kappa shape index (κ1) is 12.9. The molecule has 1 aliphatic rings. The third kappa shape index (κ3) is 4.15. The van der Waals surface area contributed by atoms with E-state index >= 15 is 0 Å². The van der Waals surface area contributed by atoms with Crippen molar-refractivity contribution in [2.75, 3.05) is 12.3 Å². The number of carbonyl (C=O) groups is 2. The number of piperidine rings is 1. The highest BCUT2D eigenvalue weighted by atomic mass is 32.2. The van der Waals surface area contributed by atoms with E-state index in [4.69, 9.17) is 5.11 Å². The second kappa shape index (κ2) is 5.26. The van der Waals surface area contributed by atoms with Gasteiger partial charge in [-0.25, -0.2) is 13.1 Å². The fourth-order valence-corrected chi connectivity index (χ4v) is 2.60. The molecule has 0 aromatic heterocycles. The van der Waals surface area contributed by atoms with Crippen molar-refractivity contribution < 1.29 is 23.1 Å². The van der Waals surface area contributed by atoms with Crippen LogP contribution < -0.4 is 10.0 Å². The number of hydrogen-bond acceptors (Lipinski definition) is 4. The maximum atomic E-state index is 11.4. The normalized spacial score (nSPS) is 21.5. The maximum absolute atomic E-state index is 11.4. The van der Waals surface area contributed by atoms with E-state index in [1.54, 1.807) is 0 Å². The highest BCUT2D eigenvalue weighted by molar-refractivity contribution is 7.89. The number of nitrogens with one attached hydrogen (secondary N) is 2. The molecule has 92 valence electrons. The lowest BCUT2D eigenvalue weighted by Gasteiger charge is -2.22. The van der Waals surface area contributed by atoms with Crippen LogP contribution in [0, 0.1) is 0 Å². The smallest absolute Gasteiger partial charge is 0.304 e. The molecule has 1 saturated heterocycles. The van der Waals surface area contributed by atoms with Crippen LogP contribution in [0.25, 0.3) is 0 Å². The highest BCUT2D eigenvalue weighted by Crippen LogP contribution is 2.05. The molecule has 1 amide bonds. The van der Waals surface area contributed by atoms with Crippen molar-refractivity contribution >= 4 is 21.9 Å². The van der Waals surface area contributed by atoms with Crippen molar-refractivity contribution in [3.8, 4) is 0 Å². The molecule has 3 N–H and O–H groups in total. The fourth-order valence-electron chi connectivity index (χ4n) is 1.38. The molecule has 0 aromatic rings. The standard InChI is InChI=1S/C8H14N2O5S/c11-7(12)3-5-16(14,15)10-6-2-1-4-9-8(6)13/h6,10H,1-5H2,(H,9,13)(H,11,12). The van der Waals surface area contributed by atoms with E-state index < -0.39 is 34.2 Å². The molecule has 0 bridgehead atoms. The molecule has 1 aliphatic heterocycles. The summed E-state index contributed by atoms with van der Waals surface area (Å²) in [6, 6.07) is -0.771. The Balaban J connectivity index is 2.51. The molecule has 8 heteroatoms. The first-order valence-corrected chi connectivity index (χ1v) is 6.55. The number of sulfonamides is 1. The molecular weight excluding hydrogens is 236 g/mol. The summed E-state index contributed by atoms with van der Waals surface area (Å²) in [5.41, 5.74) is 0. The van der Waals surface area contributed by atoms with E-state index in [0.29, 0.717) is 19.4 Å². The molecule has 0 radical (unpaired) electrons. The minimum Gasteiger partial charge on any atom is -0.481 e. The summed E-state index contributed by atoms with van der Waals surface area (Å²) in [7, 11) is -3.70. The fraction of sp³-hybridized carbons (Fsp3) is 0.750. The quantitative estimate of drug-likeness (QED) is 0.559. The lowest BCUT2D eigenvalue weighted by molar-refractivity contribution is -0.136. The Labute approximate surface area is 93.3 Å². The van der Waals surface area contributed by atoms with Crippen LogP contribution >= 0.6 is 0 Å². The van der Waals surface area contributed by atoms with Crippen LogP contribution in [0.15, 0.2) is 0 Å².